The highest BCUT2D eigenvalue weighted by Gasteiger charge is 2.30. The molecule has 0 aliphatic carbocycles. The molecule has 0 saturated carbocycles. The number of amides is 2. The van der Waals surface area contributed by atoms with Gasteiger partial charge in [-0.3, -0.25) is 9.59 Å². The van der Waals surface area contributed by atoms with E-state index in [0.717, 1.165) is 28.7 Å². The fourth-order valence-electron chi connectivity index (χ4n) is 4.13. The van der Waals surface area contributed by atoms with Gasteiger partial charge in [-0.1, -0.05) is 55.5 Å². The van der Waals surface area contributed by atoms with Crippen molar-refractivity contribution in [3.8, 4) is 11.5 Å². The molecular formula is C30H36N2O4. The summed E-state index contributed by atoms with van der Waals surface area (Å²) in [6, 6.07) is 22.5. The molecule has 3 aromatic carbocycles. The third-order valence-corrected chi connectivity index (χ3v) is 5.86. The Morgan fingerprint density at radius 2 is 1.58 bits per heavy atom. The largest absolute Gasteiger partial charge is 0.497 e. The molecule has 0 saturated heterocycles. The Balaban J connectivity index is 1.91. The molecule has 1 unspecified atom stereocenters. The van der Waals surface area contributed by atoms with Crippen LogP contribution < -0.4 is 14.8 Å². The quantitative estimate of drug-likeness (QED) is 0.396. The molecule has 6 heteroatoms. The highest BCUT2D eigenvalue weighted by Crippen LogP contribution is 2.20. The summed E-state index contributed by atoms with van der Waals surface area (Å²) in [6.07, 6.45) is 1.21. The van der Waals surface area contributed by atoms with Crippen LogP contribution in [0.15, 0.2) is 72.8 Å². The Morgan fingerprint density at radius 3 is 2.25 bits per heavy atom. The van der Waals surface area contributed by atoms with Crippen molar-refractivity contribution in [2.24, 2.45) is 0 Å². The first kappa shape index (κ1) is 26.8. The molecule has 0 aromatic heterocycles. The number of benzene rings is 3. The Morgan fingerprint density at radius 1 is 0.889 bits per heavy atom. The van der Waals surface area contributed by atoms with E-state index in [2.05, 4.69) is 11.4 Å². The standard InChI is InChI=1S/C30H36N2O4/c1-5-14-31-30(34)28(19-24-10-7-6-8-11-24)32(20-25-12-9-13-26(18-25)35-4)29(33)21-36-27-16-22(2)15-23(3)17-27/h6-13,15-18,28H,5,14,19-21H2,1-4H3,(H,31,34). The molecule has 1 atom stereocenters. The van der Waals surface area contributed by atoms with Gasteiger partial charge in [0.05, 0.1) is 7.11 Å². The summed E-state index contributed by atoms with van der Waals surface area (Å²) < 4.78 is 11.3. The molecule has 36 heavy (non-hydrogen) atoms. The van der Waals surface area contributed by atoms with Crippen molar-refractivity contribution in [2.75, 3.05) is 20.3 Å². The molecule has 1 N–H and O–H groups in total. The lowest BCUT2D eigenvalue weighted by molar-refractivity contribution is -0.142. The van der Waals surface area contributed by atoms with Gasteiger partial charge in [0, 0.05) is 19.5 Å². The number of ether oxygens (including phenoxy) is 2. The van der Waals surface area contributed by atoms with E-state index in [-0.39, 0.29) is 25.0 Å². The van der Waals surface area contributed by atoms with Crippen molar-refractivity contribution in [3.05, 3.63) is 95.1 Å². The van der Waals surface area contributed by atoms with Gasteiger partial charge in [-0.2, -0.15) is 0 Å². The fourth-order valence-corrected chi connectivity index (χ4v) is 4.13. The second-order valence-electron chi connectivity index (χ2n) is 8.98. The van der Waals surface area contributed by atoms with Crippen LogP contribution >= 0.6 is 0 Å². The molecular weight excluding hydrogens is 452 g/mol. The van der Waals surface area contributed by atoms with Crippen molar-refractivity contribution in [1.29, 1.82) is 0 Å². The SMILES string of the molecule is CCCNC(=O)C(Cc1ccccc1)N(Cc1cccc(OC)c1)C(=O)COc1cc(C)cc(C)c1. The second kappa shape index (κ2) is 13.3. The van der Waals surface area contributed by atoms with E-state index in [4.69, 9.17) is 9.47 Å². The summed E-state index contributed by atoms with van der Waals surface area (Å²) in [5.41, 5.74) is 3.97. The predicted octanol–water partition coefficient (Wildman–Crippen LogP) is 4.86. The number of rotatable bonds is 12. The Kier molecular flexibility index (Phi) is 9.92. The van der Waals surface area contributed by atoms with Crippen molar-refractivity contribution >= 4 is 11.8 Å². The third-order valence-electron chi connectivity index (χ3n) is 5.86. The zero-order valence-electron chi connectivity index (χ0n) is 21.6. The van der Waals surface area contributed by atoms with Crippen LogP contribution in [0.2, 0.25) is 0 Å². The van der Waals surface area contributed by atoms with E-state index in [1.54, 1.807) is 12.0 Å². The van der Waals surface area contributed by atoms with Crippen LogP contribution in [0.25, 0.3) is 0 Å². The number of nitrogens with one attached hydrogen (secondary N) is 1. The van der Waals surface area contributed by atoms with Gasteiger partial charge in [-0.25, -0.2) is 0 Å². The minimum Gasteiger partial charge on any atom is -0.497 e. The number of carbonyl (C=O) groups excluding carboxylic acids is 2. The van der Waals surface area contributed by atoms with Crippen LogP contribution in [-0.4, -0.2) is 43.0 Å². The van der Waals surface area contributed by atoms with Gasteiger partial charge in [0.1, 0.15) is 17.5 Å². The number of carbonyl (C=O) groups is 2. The average molecular weight is 489 g/mol. The minimum atomic E-state index is -0.694. The lowest BCUT2D eigenvalue weighted by atomic mass is 10.0. The molecule has 0 radical (unpaired) electrons. The fraction of sp³-hybridized carbons (Fsp3) is 0.333. The normalized spacial score (nSPS) is 11.4. The highest BCUT2D eigenvalue weighted by atomic mass is 16.5. The van der Waals surface area contributed by atoms with E-state index < -0.39 is 6.04 Å². The molecule has 190 valence electrons. The summed E-state index contributed by atoms with van der Waals surface area (Å²) >= 11 is 0. The van der Waals surface area contributed by atoms with Gasteiger partial charge in [-0.15, -0.1) is 0 Å². The third kappa shape index (κ3) is 7.87. The molecule has 0 aliphatic heterocycles. The molecule has 2 amide bonds. The lowest BCUT2D eigenvalue weighted by Crippen LogP contribution is -2.51. The summed E-state index contributed by atoms with van der Waals surface area (Å²) in [6.45, 7) is 6.62. The predicted molar refractivity (Wildman–Crippen MR) is 142 cm³/mol. The van der Waals surface area contributed by atoms with Crippen LogP contribution in [0.4, 0.5) is 0 Å². The molecule has 6 nitrogen and oxygen atoms in total. The summed E-state index contributed by atoms with van der Waals surface area (Å²) in [5, 5.41) is 2.99. The van der Waals surface area contributed by atoms with Crippen LogP contribution in [-0.2, 0) is 22.6 Å². The first-order valence-corrected chi connectivity index (χ1v) is 12.3. The van der Waals surface area contributed by atoms with Crippen molar-refractivity contribution in [1.82, 2.24) is 10.2 Å². The molecule has 3 aromatic rings. The molecule has 0 heterocycles. The van der Waals surface area contributed by atoms with Gasteiger partial charge in [-0.05, 0) is 66.8 Å². The van der Waals surface area contributed by atoms with Crippen LogP contribution in [0.3, 0.4) is 0 Å². The summed E-state index contributed by atoms with van der Waals surface area (Å²) in [4.78, 5) is 28.6. The summed E-state index contributed by atoms with van der Waals surface area (Å²) in [5.74, 6) is 0.895. The number of hydrogen-bond donors (Lipinski definition) is 1. The topological polar surface area (TPSA) is 67.9 Å². The number of methoxy groups -OCH3 is 1. The zero-order valence-corrected chi connectivity index (χ0v) is 21.6. The van der Waals surface area contributed by atoms with Crippen LogP contribution in [0.1, 0.15) is 35.6 Å². The molecule has 0 bridgehead atoms. The van der Waals surface area contributed by atoms with Gasteiger partial charge in [0.15, 0.2) is 6.61 Å². The monoisotopic (exact) mass is 488 g/mol. The van der Waals surface area contributed by atoms with Crippen LogP contribution in [0.5, 0.6) is 11.5 Å². The lowest BCUT2D eigenvalue weighted by Gasteiger charge is -2.31. The maximum atomic E-state index is 13.6. The Labute approximate surface area is 214 Å². The van der Waals surface area contributed by atoms with Gasteiger partial charge in [0.2, 0.25) is 5.91 Å². The number of nitrogens with zero attached hydrogens (tertiary/aromatic N) is 1. The first-order chi connectivity index (χ1) is 17.4. The van der Waals surface area contributed by atoms with Crippen molar-refractivity contribution in [2.45, 2.75) is 46.2 Å². The maximum absolute atomic E-state index is 13.6. The van der Waals surface area contributed by atoms with Crippen molar-refractivity contribution < 1.29 is 19.1 Å². The number of hydrogen-bond acceptors (Lipinski definition) is 4. The molecule has 0 aliphatic rings. The van der Waals surface area contributed by atoms with E-state index in [1.807, 2.05) is 87.5 Å². The van der Waals surface area contributed by atoms with E-state index in [1.165, 1.54) is 0 Å². The van der Waals surface area contributed by atoms with E-state index in [9.17, 15) is 9.59 Å². The highest BCUT2D eigenvalue weighted by molar-refractivity contribution is 5.88. The first-order valence-electron chi connectivity index (χ1n) is 12.3. The minimum absolute atomic E-state index is 0.167. The smallest absolute Gasteiger partial charge is 0.261 e. The molecule has 0 spiro atoms. The second-order valence-corrected chi connectivity index (χ2v) is 8.98. The van der Waals surface area contributed by atoms with Gasteiger partial charge in [0.25, 0.3) is 5.91 Å². The van der Waals surface area contributed by atoms with Crippen LogP contribution in [0, 0.1) is 13.8 Å². The average Bonchev–Trinajstić information content (AvgIpc) is 2.88. The Bertz CT molecular complexity index is 1130. The maximum Gasteiger partial charge on any atom is 0.261 e. The Hall–Kier alpha value is -3.80. The molecule has 3 rings (SSSR count). The van der Waals surface area contributed by atoms with Gasteiger partial charge >= 0.3 is 0 Å². The molecule has 0 fully saturated rings. The van der Waals surface area contributed by atoms with E-state index in [0.29, 0.717) is 24.5 Å². The van der Waals surface area contributed by atoms with Gasteiger partial charge < -0.3 is 19.7 Å². The van der Waals surface area contributed by atoms with Crippen molar-refractivity contribution in [3.63, 3.8) is 0 Å². The van der Waals surface area contributed by atoms with E-state index >= 15 is 0 Å². The zero-order chi connectivity index (χ0) is 25.9. The summed E-state index contributed by atoms with van der Waals surface area (Å²) in [7, 11) is 1.61. The number of aryl methyl sites for hydroxylation is 2.